The van der Waals surface area contributed by atoms with Crippen LogP contribution in [0.4, 0.5) is 0 Å². The van der Waals surface area contributed by atoms with Gasteiger partial charge in [-0.05, 0) is 18.2 Å². The summed E-state index contributed by atoms with van der Waals surface area (Å²) in [6.07, 6.45) is 0.244. The summed E-state index contributed by atoms with van der Waals surface area (Å²) >= 11 is 0. The van der Waals surface area contributed by atoms with E-state index < -0.39 is 5.97 Å². The molecule has 0 aliphatic rings. The number of ether oxygens (including phenoxy) is 1. The van der Waals surface area contributed by atoms with Crippen molar-refractivity contribution in [3.63, 3.8) is 0 Å². The quantitative estimate of drug-likeness (QED) is 0.777. The van der Waals surface area contributed by atoms with Gasteiger partial charge in [-0.3, -0.25) is 4.79 Å². The third-order valence-electron chi connectivity index (χ3n) is 1.96. The van der Waals surface area contributed by atoms with E-state index >= 15 is 0 Å². The fourth-order valence-corrected chi connectivity index (χ4v) is 1.11. The van der Waals surface area contributed by atoms with Crippen molar-refractivity contribution in [2.75, 3.05) is 13.7 Å². The molecule has 1 amide bonds. The van der Waals surface area contributed by atoms with E-state index in [0.717, 1.165) is 0 Å². The van der Waals surface area contributed by atoms with Crippen molar-refractivity contribution in [2.24, 2.45) is 0 Å². The van der Waals surface area contributed by atoms with Gasteiger partial charge in [-0.1, -0.05) is 6.07 Å². The molecule has 0 saturated carbocycles. The summed E-state index contributed by atoms with van der Waals surface area (Å²) in [6, 6.07) is 6.15. The molecule has 5 nitrogen and oxygen atoms in total. The van der Waals surface area contributed by atoms with E-state index in [1.807, 2.05) is 0 Å². The second kappa shape index (κ2) is 5.75. The maximum absolute atomic E-state index is 10.9. The number of benzene rings is 1. The molecule has 0 aliphatic carbocycles. The monoisotopic (exact) mass is 223 g/mol. The fraction of sp³-hybridized carbons (Fsp3) is 0.273. The molecule has 0 bridgehead atoms. The van der Waals surface area contributed by atoms with Gasteiger partial charge in [0.1, 0.15) is 5.75 Å². The molecular formula is C11H13NO4. The van der Waals surface area contributed by atoms with Gasteiger partial charge >= 0.3 is 5.97 Å². The molecule has 16 heavy (non-hydrogen) atoms. The van der Waals surface area contributed by atoms with Crippen LogP contribution in [0.1, 0.15) is 16.8 Å². The van der Waals surface area contributed by atoms with Crippen LogP contribution in [0.2, 0.25) is 0 Å². The molecule has 0 spiro atoms. The van der Waals surface area contributed by atoms with Crippen LogP contribution in [0.5, 0.6) is 5.75 Å². The van der Waals surface area contributed by atoms with Gasteiger partial charge in [0.05, 0.1) is 18.6 Å². The normalized spacial score (nSPS) is 9.56. The second-order valence-corrected chi connectivity index (χ2v) is 3.10. The van der Waals surface area contributed by atoms with Crippen LogP contribution in [-0.2, 0) is 4.79 Å². The number of hydrogen-bond donors (Lipinski definition) is 2. The summed E-state index contributed by atoms with van der Waals surface area (Å²) < 4.78 is 5.25. The molecule has 0 unspecified atom stereocenters. The highest BCUT2D eigenvalue weighted by molar-refractivity contribution is 5.88. The van der Waals surface area contributed by atoms with Crippen LogP contribution in [0.3, 0.4) is 0 Å². The van der Waals surface area contributed by atoms with Gasteiger partial charge in [0.2, 0.25) is 5.91 Å². The average molecular weight is 223 g/mol. The van der Waals surface area contributed by atoms with Crippen LogP contribution in [-0.4, -0.2) is 30.6 Å². The lowest BCUT2D eigenvalue weighted by molar-refractivity contribution is -0.121. The highest BCUT2D eigenvalue weighted by Gasteiger charge is 2.04. The summed E-state index contributed by atoms with van der Waals surface area (Å²) in [5, 5.41) is 11.2. The lowest BCUT2D eigenvalue weighted by Gasteiger charge is -2.05. The predicted octanol–water partition coefficient (Wildman–Crippen LogP) is 0.900. The standard InChI is InChI=1S/C11H13NO4/c1-12-10(13)5-6-16-9-4-2-3-8(7-9)11(14)15/h2-4,7H,5-6H2,1H3,(H,12,13)(H,14,15). The number of amides is 1. The van der Waals surface area contributed by atoms with Crippen molar-refractivity contribution in [1.29, 1.82) is 0 Å². The van der Waals surface area contributed by atoms with Gasteiger partial charge in [-0.25, -0.2) is 4.79 Å². The van der Waals surface area contributed by atoms with Crippen LogP contribution in [0.25, 0.3) is 0 Å². The first-order valence-electron chi connectivity index (χ1n) is 4.80. The number of carbonyl (C=O) groups excluding carboxylic acids is 1. The highest BCUT2D eigenvalue weighted by Crippen LogP contribution is 2.13. The first kappa shape index (κ1) is 12.0. The third kappa shape index (κ3) is 3.61. The van der Waals surface area contributed by atoms with E-state index in [0.29, 0.717) is 5.75 Å². The van der Waals surface area contributed by atoms with Crippen molar-refractivity contribution in [2.45, 2.75) is 6.42 Å². The van der Waals surface area contributed by atoms with E-state index in [1.54, 1.807) is 19.2 Å². The largest absolute Gasteiger partial charge is 0.493 e. The first-order valence-corrected chi connectivity index (χ1v) is 4.80. The minimum Gasteiger partial charge on any atom is -0.493 e. The van der Waals surface area contributed by atoms with Crippen molar-refractivity contribution in [3.05, 3.63) is 29.8 Å². The Bertz CT molecular complexity index is 389. The van der Waals surface area contributed by atoms with E-state index in [9.17, 15) is 9.59 Å². The molecule has 0 fully saturated rings. The SMILES string of the molecule is CNC(=O)CCOc1cccc(C(=O)O)c1. The molecule has 1 aromatic carbocycles. The van der Waals surface area contributed by atoms with Gasteiger partial charge < -0.3 is 15.2 Å². The number of carbonyl (C=O) groups is 2. The van der Waals surface area contributed by atoms with Crippen LogP contribution >= 0.6 is 0 Å². The molecule has 2 N–H and O–H groups in total. The molecule has 0 radical (unpaired) electrons. The van der Waals surface area contributed by atoms with Gasteiger partial charge in [0.25, 0.3) is 0 Å². The van der Waals surface area contributed by atoms with Gasteiger partial charge in [0, 0.05) is 7.05 Å². The van der Waals surface area contributed by atoms with Crippen LogP contribution in [0.15, 0.2) is 24.3 Å². The van der Waals surface area contributed by atoms with E-state index in [4.69, 9.17) is 9.84 Å². The first-order chi connectivity index (χ1) is 7.63. The Balaban J connectivity index is 2.51. The zero-order chi connectivity index (χ0) is 12.0. The van der Waals surface area contributed by atoms with E-state index in [1.165, 1.54) is 12.1 Å². The number of rotatable bonds is 5. The van der Waals surface area contributed by atoms with Crippen molar-refractivity contribution < 1.29 is 19.4 Å². The number of aromatic carboxylic acids is 1. The zero-order valence-corrected chi connectivity index (χ0v) is 8.90. The predicted molar refractivity (Wildman–Crippen MR) is 57.6 cm³/mol. The molecule has 0 aliphatic heterocycles. The Labute approximate surface area is 93.0 Å². The van der Waals surface area contributed by atoms with Gasteiger partial charge in [0.15, 0.2) is 0 Å². The molecule has 86 valence electrons. The van der Waals surface area contributed by atoms with Crippen molar-refractivity contribution in [3.8, 4) is 5.75 Å². The molecule has 0 saturated heterocycles. The summed E-state index contributed by atoms with van der Waals surface area (Å²) in [5.74, 6) is -0.671. The summed E-state index contributed by atoms with van der Waals surface area (Å²) in [4.78, 5) is 21.6. The number of carboxylic acids is 1. The minimum atomic E-state index is -1.00. The maximum atomic E-state index is 10.9. The molecule has 1 aromatic rings. The summed E-state index contributed by atoms with van der Waals surface area (Å²) in [6.45, 7) is 0.225. The maximum Gasteiger partial charge on any atom is 0.335 e. The minimum absolute atomic E-state index is 0.116. The number of carboxylic acid groups (broad SMARTS) is 1. The lowest BCUT2D eigenvalue weighted by Crippen LogP contribution is -2.20. The van der Waals surface area contributed by atoms with Crippen molar-refractivity contribution >= 4 is 11.9 Å². The summed E-state index contributed by atoms with van der Waals surface area (Å²) in [7, 11) is 1.55. The van der Waals surface area contributed by atoms with Crippen LogP contribution < -0.4 is 10.1 Å². The van der Waals surface area contributed by atoms with Crippen molar-refractivity contribution in [1.82, 2.24) is 5.32 Å². The Morgan fingerprint density at radius 1 is 1.44 bits per heavy atom. The van der Waals surface area contributed by atoms with Gasteiger partial charge in [-0.2, -0.15) is 0 Å². The second-order valence-electron chi connectivity index (χ2n) is 3.10. The average Bonchev–Trinajstić information content (AvgIpc) is 2.29. The number of nitrogens with one attached hydrogen (secondary N) is 1. The van der Waals surface area contributed by atoms with E-state index in [2.05, 4.69) is 5.32 Å². The lowest BCUT2D eigenvalue weighted by atomic mass is 10.2. The summed E-state index contributed by atoms with van der Waals surface area (Å²) in [5.41, 5.74) is 0.164. The Hall–Kier alpha value is -2.04. The zero-order valence-electron chi connectivity index (χ0n) is 8.90. The van der Waals surface area contributed by atoms with Gasteiger partial charge in [-0.15, -0.1) is 0 Å². The Morgan fingerprint density at radius 2 is 2.19 bits per heavy atom. The topological polar surface area (TPSA) is 75.6 Å². The fourth-order valence-electron chi connectivity index (χ4n) is 1.11. The Morgan fingerprint density at radius 3 is 2.81 bits per heavy atom. The number of hydrogen-bond acceptors (Lipinski definition) is 3. The van der Waals surface area contributed by atoms with E-state index in [-0.39, 0.29) is 24.5 Å². The molecule has 5 heteroatoms. The third-order valence-corrected chi connectivity index (χ3v) is 1.96. The smallest absolute Gasteiger partial charge is 0.335 e. The Kier molecular flexibility index (Phi) is 4.32. The highest BCUT2D eigenvalue weighted by atomic mass is 16.5. The molecule has 0 aromatic heterocycles. The molecular weight excluding hydrogens is 210 g/mol. The molecule has 0 atom stereocenters. The van der Waals surface area contributed by atoms with Crippen LogP contribution in [0, 0.1) is 0 Å². The molecule has 0 heterocycles. The molecule has 1 rings (SSSR count).